The molecular formula is C24H19N3O3. The van der Waals surface area contributed by atoms with Gasteiger partial charge in [0.1, 0.15) is 11.3 Å². The molecule has 2 fully saturated rings. The van der Waals surface area contributed by atoms with Crippen LogP contribution in [0.15, 0.2) is 48.2 Å². The van der Waals surface area contributed by atoms with Crippen molar-refractivity contribution in [3.8, 4) is 17.9 Å². The van der Waals surface area contributed by atoms with Gasteiger partial charge >= 0.3 is 5.97 Å². The summed E-state index contributed by atoms with van der Waals surface area (Å²) in [4.78, 5) is 16.9. The van der Waals surface area contributed by atoms with Crippen LogP contribution in [0.2, 0.25) is 0 Å². The molecule has 0 amide bonds. The van der Waals surface area contributed by atoms with Gasteiger partial charge < -0.3 is 9.47 Å². The second kappa shape index (κ2) is 7.85. The molecule has 148 valence electrons. The maximum atomic E-state index is 12.7. The first-order valence-electron chi connectivity index (χ1n) is 9.70. The largest absolute Gasteiger partial charge is 0.435 e. The molecule has 0 unspecified atom stereocenters. The van der Waals surface area contributed by atoms with Gasteiger partial charge in [-0.25, -0.2) is 9.78 Å². The van der Waals surface area contributed by atoms with E-state index in [2.05, 4.69) is 22.9 Å². The Morgan fingerprint density at radius 3 is 2.57 bits per heavy atom. The minimum absolute atomic E-state index is 0.0752. The molecule has 2 heterocycles. The molecule has 1 aliphatic heterocycles. The number of hydrogen-bond donors (Lipinski definition) is 1. The lowest BCUT2D eigenvalue weighted by Crippen LogP contribution is -2.44. The number of rotatable bonds is 1. The van der Waals surface area contributed by atoms with Gasteiger partial charge in [0, 0.05) is 24.6 Å². The van der Waals surface area contributed by atoms with Crippen LogP contribution in [0.1, 0.15) is 55.0 Å². The molecule has 1 aromatic carbocycles. The average Bonchev–Trinajstić information content (AvgIpc) is 3.19. The topological polar surface area (TPSA) is 96.1 Å². The van der Waals surface area contributed by atoms with Crippen LogP contribution in [0.5, 0.6) is 0 Å². The molecule has 0 bridgehead atoms. The smallest absolute Gasteiger partial charge is 0.347 e. The van der Waals surface area contributed by atoms with Crippen molar-refractivity contribution in [2.75, 3.05) is 0 Å². The number of pyridine rings is 1. The van der Waals surface area contributed by atoms with Crippen molar-refractivity contribution in [1.29, 1.82) is 10.7 Å². The van der Waals surface area contributed by atoms with Crippen LogP contribution in [-0.2, 0) is 14.3 Å². The highest BCUT2D eigenvalue weighted by Gasteiger charge is 2.47. The van der Waals surface area contributed by atoms with Crippen LogP contribution in [0.25, 0.3) is 5.57 Å². The second-order valence-electron chi connectivity index (χ2n) is 7.31. The van der Waals surface area contributed by atoms with E-state index in [0.717, 1.165) is 12.8 Å². The van der Waals surface area contributed by atoms with Crippen molar-refractivity contribution in [1.82, 2.24) is 4.98 Å². The fraction of sp³-hybridized carbons (Fsp3) is 0.250. The van der Waals surface area contributed by atoms with Crippen molar-refractivity contribution in [2.24, 2.45) is 0 Å². The first-order chi connectivity index (χ1) is 14.5. The van der Waals surface area contributed by atoms with Gasteiger partial charge in [-0.2, -0.15) is 5.26 Å². The number of hydrogen-bond acceptors (Lipinski definition) is 6. The number of ether oxygens (including phenoxy) is 2. The SMILES string of the molecule is CC(=C1C(=N)OC2(CCCC2)OC1=O)c1cc(C#N)cc(C#Cc2ccccn2)c1. The van der Waals surface area contributed by atoms with Crippen molar-refractivity contribution in [3.05, 3.63) is 70.6 Å². The Labute approximate surface area is 174 Å². The summed E-state index contributed by atoms with van der Waals surface area (Å²) in [7, 11) is 0. The number of allylic oxidation sites excluding steroid dienone is 1. The van der Waals surface area contributed by atoms with Crippen molar-refractivity contribution < 1.29 is 14.3 Å². The summed E-state index contributed by atoms with van der Waals surface area (Å²) in [6, 6.07) is 12.7. The van der Waals surface area contributed by atoms with E-state index in [1.807, 2.05) is 12.1 Å². The summed E-state index contributed by atoms with van der Waals surface area (Å²) in [6.07, 6.45) is 4.67. The van der Waals surface area contributed by atoms with Crippen molar-refractivity contribution in [2.45, 2.75) is 38.4 Å². The molecule has 6 heteroatoms. The van der Waals surface area contributed by atoms with E-state index >= 15 is 0 Å². The fourth-order valence-corrected chi connectivity index (χ4v) is 3.71. The van der Waals surface area contributed by atoms with Gasteiger partial charge in [0.15, 0.2) is 0 Å². The van der Waals surface area contributed by atoms with Gasteiger partial charge in [-0.15, -0.1) is 0 Å². The third kappa shape index (κ3) is 3.81. The quantitative estimate of drug-likeness (QED) is 0.447. The summed E-state index contributed by atoms with van der Waals surface area (Å²) in [5, 5.41) is 17.7. The molecule has 4 rings (SSSR count). The predicted octanol–water partition coefficient (Wildman–Crippen LogP) is 3.95. The monoisotopic (exact) mass is 397 g/mol. The summed E-state index contributed by atoms with van der Waals surface area (Å²) in [5.41, 5.74) is 2.83. The lowest BCUT2D eigenvalue weighted by atomic mass is 9.96. The molecule has 2 aromatic rings. The lowest BCUT2D eigenvalue weighted by molar-refractivity contribution is -0.203. The van der Waals surface area contributed by atoms with E-state index in [0.29, 0.717) is 40.8 Å². The van der Waals surface area contributed by atoms with E-state index in [-0.39, 0.29) is 11.5 Å². The average molecular weight is 397 g/mol. The Hall–Kier alpha value is -3.90. The zero-order valence-electron chi connectivity index (χ0n) is 16.5. The normalized spacial score (nSPS) is 18.7. The number of esters is 1. The van der Waals surface area contributed by atoms with Crippen molar-refractivity contribution in [3.63, 3.8) is 0 Å². The van der Waals surface area contributed by atoms with Crippen LogP contribution in [-0.4, -0.2) is 22.6 Å². The molecule has 2 aliphatic rings. The first-order valence-corrected chi connectivity index (χ1v) is 9.70. The summed E-state index contributed by atoms with van der Waals surface area (Å²) < 4.78 is 11.3. The summed E-state index contributed by atoms with van der Waals surface area (Å²) in [6.45, 7) is 1.72. The number of carbonyl (C=O) groups excluding carboxylic acids is 1. The van der Waals surface area contributed by atoms with Gasteiger partial charge in [0.2, 0.25) is 5.90 Å². The van der Waals surface area contributed by atoms with Crippen LogP contribution in [0, 0.1) is 28.6 Å². The molecule has 1 aliphatic carbocycles. The first kappa shape index (κ1) is 19.4. The number of nitrogens with one attached hydrogen (secondary N) is 1. The standard InChI is InChI=1S/C24H19N3O3/c1-16(21-22(26)29-24(30-23(21)28)9-3-4-10-24)19-13-17(12-18(14-19)15-25)7-8-20-6-2-5-11-27-20/h2,5-6,11-14,26H,3-4,9-10H2,1H3. The third-order valence-corrected chi connectivity index (χ3v) is 5.23. The maximum absolute atomic E-state index is 12.7. The Balaban J connectivity index is 1.71. The van der Waals surface area contributed by atoms with E-state index in [4.69, 9.17) is 14.9 Å². The van der Waals surface area contributed by atoms with Crippen LogP contribution >= 0.6 is 0 Å². The van der Waals surface area contributed by atoms with E-state index < -0.39 is 11.8 Å². The number of nitriles is 1. The van der Waals surface area contributed by atoms with Crippen molar-refractivity contribution >= 4 is 17.4 Å². The van der Waals surface area contributed by atoms with Gasteiger partial charge in [0.25, 0.3) is 5.79 Å². The molecule has 1 saturated heterocycles. The molecule has 1 saturated carbocycles. The molecule has 1 spiro atoms. The number of benzene rings is 1. The van der Waals surface area contributed by atoms with Gasteiger partial charge in [-0.1, -0.05) is 12.0 Å². The number of carbonyl (C=O) groups is 1. The van der Waals surface area contributed by atoms with E-state index in [1.165, 1.54) is 0 Å². The number of aromatic nitrogens is 1. The molecule has 6 nitrogen and oxygen atoms in total. The van der Waals surface area contributed by atoms with E-state index in [9.17, 15) is 10.1 Å². The molecule has 1 N–H and O–H groups in total. The highest BCUT2D eigenvalue weighted by Crippen LogP contribution is 2.39. The highest BCUT2D eigenvalue weighted by atomic mass is 16.7. The maximum Gasteiger partial charge on any atom is 0.347 e. The molecule has 0 radical (unpaired) electrons. The van der Waals surface area contributed by atoms with Crippen LogP contribution < -0.4 is 0 Å². The minimum atomic E-state index is -0.994. The van der Waals surface area contributed by atoms with Gasteiger partial charge in [-0.05, 0) is 67.2 Å². The Morgan fingerprint density at radius 2 is 1.90 bits per heavy atom. The summed E-state index contributed by atoms with van der Waals surface area (Å²) >= 11 is 0. The Kier molecular flexibility index (Phi) is 5.08. The molecular weight excluding hydrogens is 378 g/mol. The zero-order valence-corrected chi connectivity index (χ0v) is 16.5. The predicted molar refractivity (Wildman–Crippen MR) is 110 cm³/mol. The van der Waals surface area contributed by atoms with E-state index in [1.54, 1.807) is 37.4 Å². The van der Waals surface area contributed by atoms with Crippen LogP contribution in [0.4, 0.5) is 0 Å². The van der Waals surface area contributed by atoms with Gasteiger partial charge in [-0.3, -0.25) is 5.41 Å². The Morgan fingerprint density at radius 1 is 1.13 bits per heavy atom. The highest BCUT2D eigenvalue weighted by molar-refractivity contribution is 6.22. The van der Waals surface area contributed by atoms with Crippen LogP contribution in [0.3, 0.4) is 0 Å². The molecule has 0 atom stereocenters. The summed E-state index contributed by atoms with van der Waals surface area (Å²) in [5.74, 6) is 4.23. The second-order valence-corrected chi connectivity index (χ2v) is 7.31. The molecule has 30 heavy (non-hydrogen) atoms. The minimum Gasteiger partial charge on any atom is -0.435 e. The lowest BCUT2D eigenvalue weighted by Gasteiger charge is -2.35. The fourth-order valence-electron chi connectivity index (χ4n) is 3.71. The molecule has 1 aromatic heterocycles. The third-order valence-electron chi connectivity index (χ3n) is 5.23. The Bertz CT molecular complexity index is 1140. The van der Waals surface area contributed by atoms with Gasteiger partial charge in [0.05, 0.1) is 11.6 Å². The zero-order chi connectivity index (χ0) is 21.1. The number of nitrogens with zero attached hydrogens (tertiary/aromatic N) is 2.